The van der Waals surface area contributed by atoms with E-state index in [-0.39, 0.29) is 0 Å². The molecule has 0 amide bonds. The minimum Gasteiger partial charge on any atom is -0.309 e. The fourth-order valence-electron chi connectivity index (χ4n) is 2.93. The van der Waals surface area contributed by atoms with Crippen LogP contribution in [0.15, 0.2) is 6.07 Å². The molecule has 0 radical (unpaired) electrons. The van der Waals surface area contributed by atoms with Crippen molar-refractivity contribution in [1.82, 2.24) is 5.32 Å². The van der Waals surface area contributed by atoms with Gasteiger partial charge in [-0.15, -0.1) is 11.3 Å². The average Bonchev–Trinajstić information content (AvgIpc) is 2.70. The molecule has 0 saturated carbocycles. The molecule has 1 unspecified atom stereocenters. The van der Waals surface area contributed by atoms with Crippen LogP contribution in [-0.2, 0) is 12.8 Å². The van der Waals surface area contributed by atoms with E-state index in [0.29, 0.717) is 6.04 Å². The van der Waals surface area contributed by atoms with Crippen LogP contribution in [0.5, 0.6) is 0 Å². The fraction of sp³-hybridized carbons (Fsp3) is 0.765. The van der Waals surface area contributed by atoms with Gasteiger partial charge in [-0.05, 0) is 56.7 Å². The highest BCUT2D eigenvalue weighted by Crippen LogP contribution is 2.34. The first-order valence-corrected chi connectivity index (χ1v) is 9.01. The lowest BCUT2D eigenvalue weighted by molar-refractivity contribution is 0.487. The van der Waals surface area contributed by atoms with Gasteiger partial charge >= 0.3 is 0 Å². The molecule has 1 heterocycles. The number of unbranched alkanes of at least 4 members (excludes halogenated alkanes) is 1. The summed E-state index contributed by atoms with van der Waals surface area (Å²) in [7, 11) is 0. The molecule has 1 atom stereocenters. The predicted octanol–water partition coefficient (Wildman–Crippen LogP) is 5.25. The molecule has 19 heavy (non-hydrogen) atoms. The molecule has 1 aromatic rings. The lowest BCUT2D eigenvalue weighted by Crippen LogP contribution is -2.21. The molecule has 1 nitrogen and oxygen atoms in total. The number of fused-ring (bicyclic) bond motifs is 1. The van der Waals surface area contributed by atoms with E-state index in [0.717, 1.165) is 6.54 Å². The van der Waals surface area contributed by atoms with Crippen molar-refractivity contribution in [3.05, 3.63) is 21.4 Å². The van der Waals surface area contributed by atoms with Crippen LogP contribution in [0, 0.1) is 0 Å². The third kappa shape index (κ3) is 4.32. The van der Waals surface area contributed by atoms with Gasteiger partial charge in [-0.1, -0.05) is 33.1 Å². The summed E-state index contributed by atoms with van der Waals surface area (Å²) in [6.45, 7) is 5.70. The maximum Gasteiger partial charge on any atom is 0.0414 e. The lowest BCUT2D eigenvalue weighted by Gasteiger charge is -2.16. The molecular weight excluding hydrogens is 250 g/mol. The van der Waals surface area contributed by atoms with E-state index in [2.05, 4.69) is 36.6 Å². The second-order valence-electron chi connectivity index (χ2n) is 5.81. The Bertz CT molecular complexity index is 338. The normalized spacial score (nSPS) is 16.9. The van der Waals surface area contributed by atoms with E-state index >= 15 is 0 Å². The fourth-order valence-corrected chi connectivity index (χ4v) is 4.30. The van der Waals surface area contributed by atoms with E-state index in [1.165, 1.54) is 57.8 Å². The van der Waals surface area contributed by atoms with E-state index in [9.17, 15) is 0 Å². The van der Waals surface area contributed by atoms with Gasteiger partial charge in [0.25, 0.3) is 0 Å². The van der Waals surface area contributed by atoms with Crippen LogP contribution in [0.3, 0.4) is 0 Å². The maximum absolute atomic E-state index is 3.76. The first-order valence-electron chi connectivity index (χ1n) is 8.20. The van der Waals surface area contributed by atoms with Gasteiger partial charge in [0.2, 0.25) is 0 Å². The van der Waals surface area contributed by atoms with Crippen molar-refractivity contribution in [2.24, 2.45) is 0 Å². The third-order valence-electron chi connectivity index (χ3n) is 4.10. The van der Waals surface area contributed by atoms with Crippen LogP contribution < -0.4 is 5.32 Å². The monoisotopic (exact) mass is 279 g/mol. The Balaban J connectivity index is 2.07. The van der Waals surface area contributed by atoms with Gasteiger partial charge in [-0.2, -0.15) is 0 Å². The van der Waals surface area contributed by atoms with Gasteiger partial charge in [-0.25, -0.2) is 0 Å². The molecule has 108 valence electrons. The van der Waals surface area contributed by atoms with Gasteiger partial charge in [-0.3, -0.25) is 0 Å². The van der Waals surface area contributed by atoms with Crippen molar-refractivity contribution < 1.29 is 0 Å². The van der Waals surface area contributed by atoms with Crippen molar-refractivity contribution >= 4 is 11.3 Å². The highest BCUT2D eigenvalue weighted by atomic mass is 32.1. The largest absolute Gasteiger partial charge is 0.309 e. The Hall–Kier alpha value is -0.340. The van der Waals surface area contributed by atoms with Crippen molar-refractivity contribution in [3.8, 4) is 0 Å². The number of rotatable bonds is 7. The SMILES string of the molecule is CCCCC(NCCC)c1cc2c(s1)CCCCC2. The molecule has 0 bridgehead atoms. The molecular formula is C17H29NS. The first kappa shape index (κ1) is 15.1. The Morgan fingerprint density at radius 1 is 1.16 bits per heavy atom. The van der Waals surface area contributed by atoms with E-state index in [4.69, 9.17) is 0 Å². The summed E-state index contributed by atoms with van der Waals surface area (Å²) < 4.78 is 0. The zero-order valence-corrected chi connectivity index (χ0v) is 13.5. The zero-order chi connectivity index (χ0) is 13.5. The second-order valence-corrected chi connectivity index (χ2v) is 6.98. The Morgan fingerprint density at radius 3 is 2.79 bits per heavy atom. The molecule has 0 fully saturated rings. The van der Waals surface area contributed by atoms with Crippen molar-refractivity contribution in [2.75, 3.05) is 6.54 Å². The lowest BCUT2D eigenvalue weighted by atomic mass is 10.1. The first-order chi connectivity index (χ1) is 9.35. The summed E-state index contributed by atoms with van der Waals surface area (Å²) >= 11 is 2.10. The zero-order valence-electron chi connectivity index (χ0n) is 12.6. The van der Waals surface area contributed by atoms with E-state index in [1.807, 2.05) is 0 Å². The standard InChI is InChI=1S/C17H29NS/c1-3-5-10-15(18-12-4-2)17-13-14-9-7-6-8-11-16(14)19-17/h13,15,18H,3-12H2,1-2H3. The summed E-state index contributed by atoms with van der Waals surface area (Å²) in [6, 6.07) is 3.13. The van der Waals surface area contributed by atoms with E-state index < -0.39 is 0 Å². The van der Waals surface area contributed by atoms with Gasteiger partial charge in [0, 0.05) is 15.8 Å². The summed E-state index contributed by atoms with van der Waals surface area (Å²) in [5, 5.41) is 3.76. The molecule has 1 aliphatic carbocycles. The van der Waals surface area contributed by atoms with Crippen molar-refractivity contribution in [1.29, 1.82) is 0 Å². The smallest absolute Gasteiger partial charge is 0.0414 e. The van der Waals surface area contributed by atoms with Crippen molar-refractivity contribution in [3.63, 3.8) is 0 Å². The Morgan fingerprint density at radius 2 is 2.00 bits per heavy atom. The molecule has 0 aromatic carbocycles. The van der Waals surface area contributed by atoms with Gasteiger partial charge < -0.3 is 5.32 Å². The molecule has 0 spiro atoms. The minimum atomic E-state index is 0.608. The van der Waals surface area contributed by atoms with E-state index in [1.54, 1.807) is 15.3 Å². The third-order valence-corrected chi connectivity index (χ3v) is 5.45. The number of hydrogen-bond donors (Lipinski definition) is 1. The molecule has 2 heteroatoms. The van der Waals surface area contributed by atoms with Crippen LogP contribution in [0.4, 0.5) is 0 Å². The average molecular weight is 279 g/mol. The summed E-state index contributed by atoms with van der Waals surface area (Å²) in [6.07, 6.45) is 12.0. The van der Waals surface area contributed by atoms with Crippen LogP contribution in [0.1, 0.15) is 80.2 Å². The number of nitrogens with one attached hydrogen (secondary N) is 1. The van der Waals surface area contributed by atoms with Crippen LogP contribution in [-0.4, -0.2) is 6.54 Å². The topological polar surface area (TPSA) is 12.0 Å². The predicted molar refractivity (Wildman–Crippen MR) is 86.1 cm³/mol. The molecule has 1 aromatic heterocycles. The van der Waals surface area contributed by atoms with Gasteiger partial charge in [0.05, 0.1) is 0 Å². The maximum atomic E-state index is 3.76. The second kappa shape index (κ2) is 8.06. The Labute approximate surface area is 122 Å². The highest BCUT2D eigenvalue weighted by Gasteiger charge is 2.17. The molecule has 0 saturated heterocycles. The Kier molecular flexibility index (Phi) is 6.39. The number of hydrogen-bond acceptors (Lipinski definition) is 2. The minimum absolute atomic E-state index is 0.608. The summed E-state index contributed by atoms with van der Waals surface area (Å²) in [5.41, 5.74) is 1.66. The van der Waals surface area contributed by atoms with Crippen molar-refractivity contribution in [2.45, 2.75) is 77.7 Å². The number of thiophene rings is 1. The summed E-state index contributed by atoms with van der Waals surface area (Å²) in [5.74, 6) is 0. The molecule has 1 aliphatic rings. The van der Waals surface area contributed by atoms with Gasteiger partial charge in [0.1, 0.15) is 0 Å². The number of aryl methyl sites for hydroxylation is 2. The van der Waals surface area contributed by atoms with Gasteiger partial charge in [0.15, 0.2) is 0 Å². The quantitative estimate of drug-likeness (QED) is 0.672. The molecule has 2 rings (SSSR count). The molecule has 0 aliphatic heterocycles. The van der Waals surface area contributed by atoms with Crippen LogP contribution in [0.25, 0.3) is 0 Å². The summed E-state index contributed by atoms with van der Waals surface area (Å²) in [4.78, 5) is 3.29. The van der Waals surface area contributed by atoms with Crippen LogP contribution >= 0.6 is 11.3 Å². The van der Waals surface area contributed by atoms with Crippen LogP contribution in [0.2, 0.25) is 0 Å². The highest BCUT2D eigenvalue weighted by molar-refractivity contribution is 7.12. The molecule has 1 N–H and O–H groups in total.